The van der Waals surface area contributed by atoms with Gasteiger partial charge in [-0.25, -0.2) is 9.97 Å². The molecule has 0 amide bonds. The number of hydrogen-bond acceptors (Lipinski definition) is 5. The molecule has 0 atom stereocenters. The monoisotopic (exact) mass is 252 g/mol. The normalized spacial score (nSPS) is 10.5. The molecule has 5 nitrogen and oxygen atoms in total. The van der Waals surface area contributed by atoms with Crippen molar-refractivity contribution in [2.24, 2.45) is 0 Å². The molecule has 2 aromatic heterocycles. The molecule has 5 heteroatoms. The molecule has 0 radical (unpaired) electrons. The van der Waals surface area contributed by atoms with E-state index in [0.717, 1.165) is 16.6 Å². The summed E-state index contributed by atoms with van der Waals surface area (Å²) in [4.78, 5) is 12.6. The van der Waals surface area contributed by atoms with Crippen LogP contribution in [-0.2, 0) is 6.61 Å². The molecule has 0 unspecified atom stereocenters. The van der Waals surface area contributed by atoms with Crippen molar-refractivity contribution >= 4 is 16.9 Å². The van der Waals surface area contributed by atoms with E-state index in [-0.39, 0.29) is 0 Å². The Morgan fingerprint density at radius 3 is 2.53 bits per heavy atom. The molecule has 2 heterocycles. The molecule has 19 heavy (non-hydrogen) atoms. The number of benzene rings is 1. The minimum atomic E-state index is 0.294. The first-order valence-corrected chi connectivity index (χ1v) is 5.87. The van der Waals surface area contributed by atoms with Gasteiger partial charge in [0.25, 0.3) is 5.88 Å². The second-order valence-electron chi connectivity index (χ2n) is 4.05. The third-order valence-electron chi connectivity index (χ3n) is 2.66. The van der Waals surface area contributed by atoms with Gasteiger partial charge >= 0.3 is 0 Å². The molecule has 3 rings (SSSR count). The van der Waals surface area contributed by atoms with Crippen LogP contribution >= 0.6 is 0 Å². The summed E-state index contributed by atoms with van der Waals surface area (Å²) in [5.41, 5.74) is 8.31. The fourth-order valence-electron chi connectivity index (χ4n) is 1.74. The van der Waals surface area contributed by atoms with E-state index in [2.05, 4.69) is 15.0 Å². The highest BCUT2D eigenvalue weighted by Crippen LogP contribution is 2.21. The maximum absolute atomic E-state index is 5.84. The molecule has 0 saturated heterocycles. The van der Waals surface area contributed by atoms with Gasteiger partial charge in [-0.1, -0.05) is 18.2 Å². The van der Waals surface area contributed by atoms with Gasteiger partial charge in [-0.3, -0.25) is 4.98 Å². The third kappa shape index (κ3) is 2.44. The summed E-state index contributed by atoms with van der Waals surface area (Å²) < 4.78 is 5.59. The van der Waals surface area contributed by atoms with Crippen molar-refractivity contribution in [2.75, 3.05) is 5.73 Å². The Morgan fingerprint density at radius 1 is 1.00 bits per heavy atom. The number of aromatic nitrogens is 3. The Labute approximate surface area is 110 Å². The molecule has 94 valence electrons. The number of para-hydroxylation sites is 2. The van der Waals surface area contributed by atoms with Crippen molar-refractivity contribution in [2.45, 2.75) is 6.61 Å². The lowest BCUT2D eigenvalue weighted by atomic mass is 10.3. The van der Waals surface area contributed by atoms with Gasteiger partial charge < -0.3 is 10.5 Å². The average molecular weight is 252 g/mol. The number of pyridine rings is 1. The van der Waals surface area contributed by atoms with Crippen molar-refractivity contribution in [1.29, 1.82) is 0 Å². The van der Waals surface area contributed by atoms with Crippen LogP contribution in [0.1, 0.15) is 5.56 Å². The fraction of sp³-hybridized carbons (Fsp3) is 0.0714. The number of ether oxygens (including phenoxy) is 1. The maximum Gasteiger partial charge on any atom is 0.258 e. The summed E-state index contributed by atoms with van der Waals surface area (Å²) in [6.45, 7) is 0.366. The van der Waals surface area contributed by atoms with Crippen LogP contribution in [-0.4, -0.2) is 15.0 Å². The Kier molecular flexibility index (Phi) is 2.94. The predicted octanol–water partition coefficient (Wildman–Crippen LogP) is 2.19. The van der Waals surface area contributed by atoms with Crippen LogP contribution in [0.2, 0.25) is 0 Å². The third-order valence-corrected chi connectivity index (χ3v) is 2.66. The molecule has 3 aromatic rings. The van der Waals surface area contributed by atoms with Gasteiger partial charge in [0.2, 0.25) is 0 Å². The summed E-state index contributed by atoms with van der Waals surface area (Å²) in [7, 11) is 0. The average Bonchev–Trinajstić information content (AvgIpc) is 2.46. The lowest BCUT2D eigenvalue weighted by Gasteiger charge is -2.08. The number of nitrogens with two attached hydrogens (primary N) is 1. The molecule has 0 bridgehead atoms. The molecule has 0 aliphatic heterocycles. The molecular formula is C14H12N4O. The van der Waals surface area contributed by atoms with Crippen LogP contribution in [0.15, 0.2) is 48.8 Å². The van der Waals surface area contributed by atoms with Crippen molar-refractivity contribution in [3.8, 4) is 5.88 Å². The molecule has 0 saturated carbocycles. The Balaban J connectivity index is 1.86. The van der Waals surface area contributed by atoms with Crippen molar-refractivity contribution in [3.63, 3.8) is 0 Å². The predicted molar refractivity (Wildman–Crippen MR) is 72.5 cm³/mol. The number of hydrogen-bond donors (Lipinski definition) is 1. The maximum atomic E-state index is 5.84. The number of nitrogen functional groups attached to an aromatic ring is 1. The minimum absolute atomic E-state index is 0.294. The van der Waals surface area contributed by atoms with Crippen molar-refractivity contribution < 1.29 is 4.74 Å². The van der Waals surface area contributed by atoms with Gasteiger partial charge in [-0.05, 0) is 18.2 Å². The Hall–Kier alpha value is -2.69. The van der Waals surface area contributed by atoms with E-state index in [1.54, 1.807) is 12.4 Å². The highest BCUT2D eigenvalue weighted by Gasteiger charge is 2.07. The van der Waals surface area contributed by atoms with E-state index < -0.39 is 0 Å². The molecule has 0 aliphatic rings. The highest BCUT2D eigenvalue weighted by molar-refractivity contribution is 5.76. The van der Waals surface area contributed by atoms with Crippen LogP contribution < -0.4 is 10.5 Å². The van der Waals surface area contributed by atoms with E-state index in [9.17, 15) is 0 Å². The molecule has 0 spiro atoms. The Morgan fingerprint density at radius 2 is 1.79 bits per heavy atom. The summed E-state index contributed by atoms with van der Waals surface area (Å²) in [6, 6.07) is 11.3. The number of rotatable bonds is 3. The van der Waals surface area contributed by atoms with Gasteiger partial charge in [0, 0.05) is 18.0 Å². The largest absolute Gasteiger partial charge is 0.470 e. The molecule has 2 N–H and O–H groups in total. The fourth-order valence-corrected chi connectivity index (χ4v) is 1.74. The smallest absolute Gasteiger partial charge is 0.258 e. The van der Waals surface area contributed by atoms with E-state index in [1.165, 1.54) is 0 Å². The van der Waals surface area contributed by atoms with Crippen LogP contribution in [0.3, 0.4) is 0 Å². The SMILES string of the molecule is Nc1nc2ccccc2nc1OCc1cccnc1. The van der Waals surface area contributed by atoms with Gasteiger partial charge in [0.1, 0.15) is 6.61 Å². The first kappa shape index (κ1) is 11.4. The second kappa shape index (κ2) is 4.89. The zero-order valence-electron chi connectivity index (χ0n) is 10.2. The van der Waals surface area contributed by atoms with Crippen molar-refractivity contribution in [3.05, 3.63) is 54.4 Å². The van der Waals surface area contributed by atoms with Gasteiger partial charge in [0.15, 0.2) is 5.82 Å². The van der Waals surface area contributed by atoms with Crippen LogP contribution in [0, 0.1) is 0 Å². The molecule has 0 fully saturated rings. The van der Waals surface area contributed by atoms with Gasteiger partial charge in [0.05, 0.1) is 11.0 Å². The van der Waals surface area contributed by atoms with Gasteiger partial charge in [-0.15, -0.1) is 0 Å². The van der Waals surface area contributed by atoms with E-state index >= 15 is 0 Å². The summed E-state index contributed by atoms with van der Waals surface area (Å²) in [5, 5.41) is 0. The minimum Gasteiger partial charge on any atom is -0.470 e. The Bertz CT molecular complexity index is 700. The summed E-state index contributed by atoms with van der Waals surface area (Å²) >= 11 is 0. The lowest BCUT2D eigenvalue weighted by Crippen LogP contribution is -2.03. The number of nitrogens with zero attached hydrogens (tertiary/aromatic N) is 3. The summed E-state index contributed by atoms with van der Waals surface area (Å²) in [5.74, 6) is 0.644. The van der Waals surface area contributed by atoms with Crippen LogP contribution in [0.4, 0.5) is 5.82 Å². The molecule has 0 aliphatic carbocycles. The van der Waals surface area contributed by atoms with E-state index in [0.29, 0.717) is 18.3 Å². The quantitative estimate of drug-likeness (QED) is 0.773. The van der Waals surface area contributed by atoms with Gasteiger partial charge in [-0.2, -0.15) is 0 Å². The first-order valence-electron chi connectivity index (χ1n) is 5.87. The topological polar surface area (TPSA) is 73.9 Å². The zero-order chi connectivity index (χ0) is 13.1. The van der Waals surface area contributed by atoms with E-state index in [4.69, 9.17) is 10.5 Å². The molecule has 1 aromatic carbocycles. The summed E-state index contributed by atoms with van der Waals surface area (Å²) in [6.07, 6.45) is 3.46. The number of anilines is 1. The van der Waals surface area contributed by atoms with E-state index in [1.807, 2.05) is 36.4 Å². The second-order valence-corrected chi connectivity index (χ2v) is 4.05. The van der Waals surface area contributed by atoms with Crippen molar-refractivity contribution in [1.82, 2.24) is 15.0 Å². The standard InChI is InChI=1S/C14H12N4O/c15-13-14(19-9-10-4-3-7-16-8-10)18-12-6-2-1-5-11(12)17-13/h1-8H,9H2,(H2,15,17). The van der Waals surface area contributed by atoms with Crippen LogP contribution in [0.25, 0.3) is 11.0 Å². The zero-order valence-corrected chi connectivity index (χ0v) is 10.2. The van der Waals surface area contributed by atoms with Crippen LogP contribution in [0.5, 0.6) is 5.88 Å². The molecular weight excluding hydrogens is 240 g/mol. The number of fused-ring (bicyclic) bond motifs is 1. The lowest BCUT2D eigenvalue weighted by molar-refractivity contribution is 0.295. The first-order chi connectivity index (χ1) is 9.33. The highest BCUT2D eigenvalue weighted by atomic mass is 16.5.